The number of esters is 4. The summed E-state index contributed by atoms with van der Waals surface area (Å²) in [5.41, 5.74) is 0. The third kappa shape index (κ3) is 2.00. The zero-order valence-corrected chi connectivity index (χ0v) is 10.3. The Kier molecular flexibility index (Phi) is 3.37. The predicted octanol–water partition coefficient (Wildman–Crippen LogP) is -0.550. The Morgan fingerprint density at radius 3 is 1.63 bits per heavy atom. The van der Waals surface area contributed by atoms with Gasteiger partial charge in [0.15, 0.2) is 0 Å². The molecule has 1 unspecified atom stereocenters. The smallest absolute Gasteiger partial charge is 0.318 e. The van der Waals surface area contributed by atoms with Gasteiger partial charge in [0.05, 0.1) is 37.9 Å². The molecule has 1 aliphatic heterocycles. The summed E-state index contributed by atoms with van der Waals surface area (Å²) in [5, 5.41) is 0. The highest BCUT2D eigenvalue weighted by Gasteiger charge is 2.56. The predicted molar refractivity (Wildman–Crippen MR) is 58.2 cm³/mol. The minimum atomic E-state index is -1.03. The van der Waals surface area contributed by atoms with Crippen LogP contribution < -0.4 is 0 Å². The molecule has 1 heterocycles. The molecule has 0 saturated carbocycles. The third-order valence-corrected chi connectivity index (χ3v) is 3.38. The van der Waals surface area contributed by atoms with Crippen LogP contribution in [0.3, 0.4) is 0 Å². The number of hydrogen-bond donors (Lipinski definition) is 0. The largest absolute Gasteiger partial charge is 0.469 e. The SMILES string of the molecule is COC(=O)C1C=C[C@@H](C(=O)OC)[C@H]2C(=O)OC(=O)[C@@H]12. The van der Waals surface area contributed by atoms with Crippen molar-refractivity contribution in [2.24, 2.45) is 23.7 Å². The second-order valence-corrected chi connectivity index (χ2v) is 4.27. The van der Waals surface area contributed by atoms with Crippen molar-refractivity contribution >= 4 is 23.9 Å². The first kappa shape index (κ1) is 13.3. The summed E-state index contributed by atoms with van der Waals surface area (Å²) in [7, 11) is 2.36. The molecule has 4 atom stereocenters. The lowest BCUT2D eigenvalue weighted by Crippen LogP contribution is -2.40. The number of cyclic esters (lactones) is 2. The molecule has 2 aliphatic rings. The molecule has 0 bridgehead atoms. The van der Waals surface area contributed by atoms with Gasteiger partial charge in [-0.2, -0.15) is 0 Å². The third-order valence-electron chi connectivity index (χ3n) is 3.38. The molecule has 102 valence electrons. The van der Waals surface area contributed by atoms with Gasteiger partial charge in [0.2, 0.25) is 0 Å². The first-order chi connectivity index (χ1) is 9.01. The average Bonchev–Trinajstić information content (AvgIpc) is 2.72. The summed E-state index contributed by atoms with van der Waals surface area (Å²) in [6.45, 7) is 0. The van der Waals surface area contributed by atoms with E-state index in [0.29, 0.717) is 0 Å². The van der Waals surface area contributed by atoms with Crippen molar-refractivity contribution in [3.8, 4) is 0 Å². The number of fused-ring (bicyclic) bond motifs is 1. The van der Waals surface area contributed by atoms with E-state index < -0.39 is 47.5 Å². The van der Waals surface area contributed by atoms with Crippen LogP contribution in [-0.4, -0.2) is 38.1 Å². The van der Waals surface area contributed by atoms with E-state index in [-0.39, 0.29) is 0 Å². The van der Waals surface area contributed by atoms with E-state index >= 15 is 0 Å². The van der Waals surface area contributed by atoms with Crippen molar-refractivity contribution in [1.29, 1.82) is 0 Å². The highest BCUT2D eigenvalue weighted by Crippen LogP contribution is 2.41. The van der Waals surface area contributed by atoms with Crippen molar-refractivity contribution < 1.29 is 33.4 Å². The van der Waals surface area contributed by atoms with Crippen molar-refractivity contribution in [3.63, 3.8) is 0 Å². The number of ether oxygens (including phenoxy) is 3. The number of rotatable bonds is 2. The molecule has 7 nitrogen and oxygen atoms in total. The van der Waals surface area contributed by atoms with E-state index in [4.69, 9.17) is 0 Å². The van der Waals surface area contributed by atoms with Gasteiger partial charge in [-0.1, -0.05) is 12.2 Å². The van der Waals surface area contributed by atoms with Crippen LogP contribution in [-0.2, 0) is 33.4 Å². The van der Waals surface area contributed by atoms with E-state index in [1.54, 1.807) is 0 Å². The molecule has 0 aromatic carbocycles. The van der Waals surface area contributed by atoms with Gasteiger partial charge in [-0.15, -0.1) is 0 Å². The summed E-state index contributed by atoms with van der Waals surface area (Å²) in [6.07, 6.45) is 2.77. The highest BCUT2D eigenvalue weighted by molar-refractivity contribution is 6.02. The molecular weight excluding hydrogens is 256 g/mol. The Morgan fingerprint density at radius 2 is 1.32 bits per heavy atom. The van der Waals surface area contributed by atoms with E-state index in [9.17, 15) is 19.2 Å². The van der Waals surface area contributed by atoms with Crippen molar-refractivity contribution in [3.05, 3.63) is 12.2 Å². The van der Waals surface area contributed by atoms with Crippen LogP contribution in [0.1, 0.15) is 0 Å². The fourth-order valence-corrected chi connectivity index (χ4v) is 2.47. The molecule has 0 aromatic heterocycles. The van der Waals surface area contributed by atoms with Crippen molar-refractivity contribution in [1.82, 2.24) is 0 Å². The summed E-state index contributed by atoms with van der Waals surface area (Å²) in [6, 6.07) is 0. The Labute approximate surface area is 108 Å². The van der Waals surface area contributed by atoms with E-state index in [1.165, 1.54) is 26.4 Å². The fourth-order valence-electron chi connectivity index (χ4n) is 2.47. The summed E-state index contributed by atoms with van der Waals surface area (Å²) >= 11 is 0. The number of hydrogen-bond acceptors (Lipinski definition) is 7. The van der Waals surface area contributed by atoms with Gasteiger partial charge in [-0.3, -0.25) is 19.2 Å². The summed E-state index contributed by atoms with van der Waals surface area (Å²) in [4.78, 5) is 46.5. The van der Waals surface area contributed by atoms with Gasteiger partial charge in [-0.25, -0.2) is 0 Å². The lowest BCUT2D eigenvalue weighted by molar-refractivity contribution is -0.157. The van der Waals surface area contributed by atoms with Crippen LogP contribution in [0.4, 0.5) is 0 Å². The maximum absolute atomic E-state index is 11.7. The maximum atomic E-state index is 11.7. The quantitative estimate of drug-likeness (QED) is 0.287. The molecular formula is C12H12O7. The molecule has 1 saturated heterocycles. The van der Waals surface area contributed by atoms with Crippen LogP contribution in [0.25, 0.3) is 0 Å². The normalized spacial score (nSPS) is 32.5. The van der Waals surface area contributed by atoms with Crippen LogP contribution in [0, 0.1) is 23.7 Å². The molecule has 0 radical (unpaired) electrons. The molecule has 0 spiro atoms. The van der Waals surface area contributed by atoms with Gasteiger partial charge in [0.25, 0.3) is 0 Å². The minimum absolute atomic E-state index is 0.652. The second kappa shape index (κ2) is 4.83. The zero-order chi connectivity index (χ0) is 14.2. The van der Waals surface area contributed by atoms with Gasteiger partial charge < -0.3 is 14.2 Å². The Morgan fingerprint density at radius 1 is 0.947 bits per heavy atom. The van der Waals surface area contributed by atoms with Crippen LogP contribution >= 0.6 is 0 Å². The first-order valence-corrected chi connectivity index (χ1v) is 5.60. The first-order valence-electron chi connectivity index (χ1n) is 5.60. The molecule has 1 aliphatic carbocycles. The van der Waals surface area contributed by atoms with Crippen LogP contribution in [0.2, 0.25) is 0 Å². The molecule has 19 heavy (non-hydrogen) atoms. The van der Waals surface area contributed by atoms with E-state index in [2.05, 4.69) is 14.2 Å². The molecule has 0 N–H and O–H groups in total. The van der Waals surface area contributed by atoms with E-state index in [1.807, 2.05) is 0 Å². The standard InChI is InChI=1S/C12H12O7/c1-17-9(13)5-3-4-6(10(14)18-2)8-7(5)11(15)19-12(8)16/h3-8H,1-2H3/t5-,6?,7-,8+/m1/s1. The van der Waals surface area contributed by atoms with Crippen LogP contribution in [0.5, 0.6) is 0 Å². The summed E-state index contributed by atoms with van der Waals surface area (Å²) in [5.74, 6) is -6.84. The Balaban J connectivity index is 2.41. The van der Waals surface area contributed by atoms with Gasteiger partial charge in [-0.05, 0) is 0 Å². The maximum Gasteiger partial charge on any atom is 0.318 e. The Hall–Kier alpha value is -2.18. The molecule has 0 aromatic rings. The lowest BCUT2D eigenvalue weighted by Gasteiger charge is -2.27. The highest BCUT2D eigenvalue weighted by atomic mass is 16.6. The number of carbonyl (C=O) groups is 4. The molecule has 0 amide bonds. The topological polar surface area (TPSA) is 96.0 Å². The molecule has 7 heteroatoms. The summed E-state index contributed by atoms with van der Waals surface area (Å²) < 4.78 is 13.7. The fraction of sp³-hybridized carbons (Fsp3) is 0.500. The number of methoxy groups -OCH3 is 2. The van der Waals surface area contributed by atoms with Crippen molar-refractivity contribution in [2.45, 2.75) is 0 Å². The van der Waals surface area contributed by atoms with Crippen LogP contribution in [0.15, 0.2) is 12.2 Å². The average molecular weight is 268 g/mol. The van der Waals surface area contributed by atoms with Crippen molar-refractivity contribution in [2.75, 3.05) is 14.2 Å². The van der Waals surface area contributed by atoms with Gasteiger partial charge >= 0.3 is 23.9 Å². The van der Waals surface area contributed by atoms with Gasteiger partial charge in [0, 0.05) is 0 Å². The zero-order valence-electron chi connectivity index (χ0n) is 10.3. The number of carbonyl (C=O) groups excluding carboxylic acids is 4. The van der Waals surface area contributed by atoms with Gasteiger partial charge in [0.1, 0.15) is 0 Å². The molecule has 2 rings (SSSR count). The second-order valence-electron chi connectivity index (χ2n) is 4.27. The molecule has 1 fully saturated rings. The Bertz CT molecular complexity index is 436. The van der Waals surface area contributed by atoms with E-state index in [0.717, 1.165) is 0 Å². The lowest BCUT2D eigenvalue weighted by atomic mass is 9.71. The monoisotopic (exact) mass is 268 g/mol. The minimum Gasteiger partial charge on any atom is -0.469 e.